The molecule has 2 N–H and O–H groups in total. The van der Waals surface area contributed by atoms with Crippen molar-refractivity contribution in [3.8, 4) is 22.0 Å². The number of thiazole rings is 1. The molecular weight excluding hydrogens is 461 g/mol. The highest BCUT2D eigenvalue weighted by Crippen LogP contribution is 2.36. The average Bonchev–Trinajstić information content (AvgIpc) is 3.41. The van der Waals surface area contributed by atoms with Crippen LogP contribution < -0.4 is 5.32 Å². The van der Waals surface area contributed by atoms with Gasteiger partial charge in [0.25, 0.3) is 0 Å². The van der Waals surface area contributed by atoms with E-state index in [1.807, 2.05) is 0 Å². The molecule has 34 heavy (non-hydrogen) atoms. The van der Waals surface area contributed by atoms with Crippen molar-refractivity contribution in [2.45, 2.75) is 26.4 Å². The van der Waals surface area contributed by atoms with Crippen LogP contribution in [0.1, 0.15) is 29.8 Å². The third-order valence-electron chi connectivity index (χ3n) is 5.04. The minimum absolute atomic E-state index is 0.134. The first-order chi connectivity index (χ1) is 16.3. The number of amides is 1. The molecular formula is C24H20FN3O5S. The summed E-state index contributed by atoms with van der Waals surface area (Å²) >= 11 is 1.31. The topological polar surface area (TPSA) is 115 Å². The molecule has 0 aliphatic carbocycles. The molecule has 0 saturated carbocycles. The summed E-state index contributed by atoms with van der Waals surface area (Å²) in [7, 11) is 0. The van der Waals surface area contributed by atoms with E-state index in [4.69, 9.17) is 9.26 Å². The van der Waals surface area contributed by atoms with Crippen LogP contribution in [0.5, 0.6) is 0 Å². The van der Waals surface area contributed by atoms with Crippen LogP contribution in [-0.2, 0) is 16.0 Å². The Balaban J connectivity index is 1.55. The van der Waals surface area contributed by atoms with E-state index >= 15 is 0 Å². The molecule has 10 heteroatoms. The van der Waals surface area contributed by atoms with E-state index < -0.39 is 24.0 Å². The zero-order chi connectivity index (χ0) is 24.2. The number of hydrogen-bond acceptors (Lipinski definition) is 7. The van der Waals surface area contributed by atoms with Crippen LogP contribution in [0, 0.1) is 12.7 Å². The summed E-state index contributed by atoms with van der Waals surface area (Å²) in [6, 6.07) is 13.2. The van der Waals surface area contributed by atoms with Gasteiger partial charge < -0.3 is 14.4 Å². The molecule has 2 aromatic heterocycles. The summed E-state index contributed by atoms with van der Waals surface area (Å²) in [4.78, 5) is 28.3. The number of halogens is 1. The molecule has 2 aromatic carbocycles. The number of ether oxygens (including phenoxy) is 1. The van der Waals surface area contributed by atoms with Crippen LogP contribution in [-0.4, -0.2) is 27.3 Å². The Morgan fingerprint density at radius 3 is 2.71 bits per heavy atom. The number of aryl methyl sites for hydroxylation is 1. The van der Waals surface area contributed by atoms with Gasteiger partial charge in [0.15, 0.2) is 0 Å². The smallest absolute Gasteiger partial charge is 0.412 e. The van der Waals surface area contributed by atoms with Crippen LogP contribution >= 0.6 is 11.3 Å². The van der Waals surface area contributed by atoms with Gasteiger partial charge in [0.2, 0.25) is 5.76 Å². The first-order valence-corrected chi connectivity index (χ1v) is 11.2. The highest BCUT2D eigenvalue weighted by molar-refractivity contribution is 7.13. The lowest BCUT2D eigenvalue weighted by atomic mass is 10.1. The lowest BCUT2D eigenvalue weighted by Crippen LogP contribution is -2.17. The van der Waals surface area contributed by atoms with E-state index in [1.165, 1.54) is 17.4 Å². The molecule has 0 spiro atoms. The molecule has 8 nitrogen and oxygen atoms in total. The van der Waals surface area contributed by atoms with Crippen LogP contribution in [0.3, 0.4) is 0 Å². The second kappa shape index (κ2) is 9.84. The number of aromatic nitrogens is 2. The molecule has 0 aliphatic rings. The number of nitrogens with zero attached hydrogens (tertiary/aromatic N) is 2. The van der Waals surface area contributed by atoms with E-state index in [-0.39, 0.29) is 23.4 Å². The maximum Gasteiger partial charge on any atom is 0.412 e. The van der Waals surface area contributed by atoms with Crippen LogP contribution in [0.4, 0.5) is 14.9 Å². The number of anilines is 1. The monoisotopic (exact) mass is 481 g/mol. The van der Waals surface area contributed by atoms with Crippen LogP contribution in [0.25, 0.3) is 22.0 Å². The normalized spacial score (nSPS) is 11.7. The lowest BCUT2D eigenvalue weighted by Gasteiger charge is -2.14. The second-order valence-electron chi connectivity index (χ2n) is 7.43. The van der Waals surface area contributed by atoms with Crippen molar-refractivity contribution in [2.24, 2.45) is 0 Å². The number of carbonyl (C=O) groups excluding carboxylic acids is 1. The van der Waals surface area contributed by atoms with Crippen molar-refractivity contribution in [3.05, 3.63) is 76.5 Å². The Hall–Kier alpha value is -4.05. The van der Waals surface area contributed by atoms with Gasteiger partial charge in [-0.2, -0.15) is 0 Å². The summed E-state index contributed by atoms with van der Waals surface area (Å²) in [6.45, 7) is 3.22. The van der Waals surface area contributed by atoms with Gasteiger partial charge in [0, 0.05) is 16.5 Å². The summed E-state index contributed by atoms with van der Waals surface area (Å²) in [5.41, 5.74) is 2.69. The number of carboxylic acid groups (broad SMARTS) is 1. The maximum absolute atomic E-state index is 14.0. The predicted octanol–water partition coefficient (Wildman–Crippen LogP) is 5.85. The molecule has 0 bridgehead atoms. The fourth-order valence-electron chi connectivity index (χ4n) is 3.40. The fraction of sp³-hybridized carbons (Fsp3) is 0.167. The molecule has 0 saturated heterocycles. The Morgan fingerprint density at radius 1 is 1.21 bits per heavy atom. The van der Waals surface area contributed by atoms with E-state index in [1.54, 1.807) is 61.7 Å². The van der Waals surface area contributed by atoms with Crippen molar-refractivity contribution in [2.75, 3.05) is 5.32 Å². The molecule has 1 amide bonds. The summed E-state index contributed by atoms with van der Waals surface area (Å²) in [5, 5.41) is 18.0. The van der Waals surface area contributed by atoms with Gasteiger partial charge in [0.1, 0.15) is 34.0 Å². The molecule has 2 heterocycles. The standard InChI is InChI=1S/C24H20FN3O5S/c1-13-21(27-24(31)32-14(2)16-8-5-6-10-18(16)25)22(33-28-13)19-12-34-23(26-19)17-9-4-3-7-15(17)11-20(29)30/h3-10,12,14H,11H2,1-2H3,(H,27,31)(H,29,30)/t14-/m1/s1. The van der Waals surface area contributed by atoms with Crippen molar-refractivity contribution in [1.82, 2.24) is 10.1 Å². The number of carboxylic acids is 1. The molecule has 0 radical (unpaired) electrons. The van der Waals surface area contributed by atoms with Gasteiger partial charge in [-0.1, -0.05) is 47.6 Å². The molecule has 4 rings (SSSR count). The highest BCUT2D eigenvalue weighted by atomic mass is 32.1. The Morgan fingerprint density at radius 2 is 1.94 bits per heavy atom. The fourth-order valence-corrected chi connectivity index (χ4v) is 4.26. The van der Waals surface area contributed by atoms with E-state index in [2.05, 4.69) is 15.5 Å². The lowest BCUT2D eigenvalue weighted by molar-refractivity contribution is -0.136. The predicted molar refractivity (Wildman–Crippen MR) is 124 cm³/mol. The minimum Gasteiger partial charge on any atom is -0.481 e. The Bertz CT molecular complexity index is 1350. The number of benzene rings is 2. The molecule has 1 atom stereocenters. The number of nitrogens with one attached hydrogen (secondary N) is 1. The summed E-state index contributed by atoms with van der Waals surface area (Å²) in [5.74, 6) is -1.18. The third kappa shape index (κ3) is 4.96. The van der Waals surface area contributed by atoms with E-state index in [9.17, 15) is 19.1 Å². The minimum atomic E-state index is -0.940. The van der Waals surface area contributed by atoms with Crippen molar-refractivity contribution in [1.29, 1.82) is 0 Å². The SMILES string of the molecule is Cc1noc(-c2csc(-c3ccccc3CC(=O)O)n2)c1NC(=O)O[C@H](C)c1ccccc1F. The second-order valence-corrected chi connectivity index (χ2v) is 8.29. The number of carbonyl (C=O) groups is 2. The van der Waals surface area contributed by atoms with Crippen molar-refractivity contribution in [3.63, 3.8) is 0 Å². The van der Waals surface area contributed by atoms with E-state index in [0.717, 1.165) is 0 Å². The average molecular weight is 482 g/mol. The van der Waals surface area contributed by atoms with Crippen LogP contribution in [0.2, 0.25) is 0 Å². The molecule has 0 aliphatic heterocycles. The van der Waals surface area contributed by atoms with Gasteiger partial charge in [-0.25, -0.2) is 14.2 Å². The highest BCUT2D eigenvalue weighted by Gasteiger charge is 2.23. The molecule has 4 aromatic rings. The van der Waals surface area contributed by atoms with Gasteiger partial charge in [-0.15, -0.1) is 11.3 Å². The largest absolute Gasteiger partial charge is 0.481 e. The van der Waals surface area contributed by atoms with Crippen molar-refractivity contribution < 1.29 is 28.3 Å². The number of rotatable bonds is 7. The molecule has 0 fully saturated rings. The number of hydrogen-bond donors (Lipinski definition) is 2. The van der Waals surface area contributed by atoms with E-state index in [0.29, 0.717) is 27.5 Å². The van der Waals surface area contributed by atoms with Crippen molar-refractivity contribution >= 4 is 29.1 Å². The molecule has 174 valence electrons. The summed E-state index contributed by atoms with van der Waals surface area (Å²) in [6.07, 6.45) is -1.75. The van der Waals surface area contributed by atoms with Crippen LogP contribution in [0.15, 0.2) is 58.4 Å². The zero-order valence-electron chi connectivity index (χ0n) is 18.2. The zero-order valence-corrected chi connectivity index (χ0v) is 19.1. The Labute approximate surface area is 198 Å². The maximum atomic E-state index is 14.0. The quantitative estimate of drug-likeness (QED) is 0.340. The van der Waals surface area contributed by atoms with Gasteiger partial charge in [-0.05, 0) is 25.5 Å². The Kier molecular flexibility index (Phi) is 6.69. The number of aliphatic carboxylic acids is 1. The third-order valence-corrected chi connectivity index (χ3v) is 5.92. The molecule has 0 unspecified atom stereocenters. The van der Waals surface area contributed by atoms with Gasteiger partial charge in [-0.3, -0.25) is 10.1 Å². The first-order valence-electron chi connectivity index (χ1n) is 10.3. The summed E-state index contributed by atoms with van der Waals surface area (Å²) < 4.78 is 24.7. The first kappa shape index (κ1) is 23.1. The van der Waals surface area contributed by atoms with Gasteiger partial charge >= 0.3 is 12.1 Å². The van der Waals surface area contributed by atoms with Gasteiger partial charge in [0.05, 0.1) is 6.42 Å².